The molecule has 0 radical (unpaired) electrons. The Bertz CT molecular complexity index is 2170. The second kappa shape index (κ2) is 13.3. The first-order chi connectivity index (χ1) is 24.3. The molecule has 3 fully saturated rings. The first-order valence-electron chi connectivity index (χ1n) is 15.9. The smallest absolute Gasteiger partial charge is 0.408 e. The SMILES string of the molecule is CC(C)(C)[Si](C)(C)OC1[C@H]2OP(=O)(O)OC[C@H]3O[C@@H](n4cnc5c(N)ncnc54)[C@H](F)[C@@H]3OP(O)(=S)OC[C@H]1O[C@H]2n1cc(F)c2c(=O)[nH]cnc21. The third-order valence-electron chi connectivity index (χ3n) is 9.61. The number of anilines is 1. The minimum absolute atomic E-state index is 0.0288. The molecule has 3 aliphatic rings. The molecule has 0 aromatic carbocycles. The van der Waals surface area contributed by atoms with Crippen molar-refractivity contribution in [3.05, 3.63) is 41.3 Å². The highest BCUT2D eigenvalue weighted by Crippen LogP contribution is 2.55. The fourth-order valence-electron chi connectivity index (χ4n) is 6.02. The lowest BCUT2D eigenvalue weighted by Gasteiger charge is -2.40. The number of hydrogen-bond acceptors (Lipinski definition) is 15. The molecule has 284 valence electrons. The number of aromatic nitrogens is 7. The van der Waals surface area contributed by atoms with Crippen molar-refractivity contribution in [2.24, 2.45) is 0 Å². The van der Waals surface area contributed by atoms with Crippen LogP contribution in [-0.4, -0.2) is 102 Å². The van der Waals surface area contributed by atoms with Gasteiger partial charge in [0, 0.05) is 6.20 Å². The van der Waals surface area contributed by atoms with E-state index in [1.165, 1.54) is 10.9 Å². The lowest BCUT2D eigenvalue weighted by molar-refractivity contribution is -0.0641. The molecule has 5 N–H and O–H groups in total. The van der Waals surface area contributed by atoms with E-state index in [4.69, 9.17) is 49.5 Å². The summed E-state index contributed by atoms with van der Waals surface area (Å²) >= 11 is 5.32. The number of H-pyrrole nitrogens is 1. The molecule has 2 bridgehead atoms. The number of nitrogens with one attached hydrogen (secondary N) is 1. The molecule has 7 rings (SSSR count). The van der Waals surface area contributed by atoms with Crippen LogP contribution >= 0.6 is 14.5 Å². The van der Waals surface area contributed by atoms with E-state index in [0.29, 0.717) is 0 Å². The summed E-state index contributed by atoms with van der Waals surface area (Å²) in [6.07, 6.45) is -7.86. The lowest BCUT2D eigenvalue weighted by atomic mass is 10.1. The zero-order chi connectivity index (χ0) is 37.5. The van der Waals surface area contributed by atoms with Gasteiger partial charge in [-0.1, -0.05) is 20.8 Å². The van der Waals surface area contributed by atoms with E-state index < -0.39 is 107 Å². The van der Waals surface area contributed by atoms with Gasteiger partial charge in [-0.3, -0.25) is 22.9 Å². The van der Waals surface area contributed by atoms with Gasteiger partial charge in [0.1, 0.15) is 47.8 Å². The van der Waals surface area contributed by atoms with E-state index in [2.05, 4.69) is 24.9 Å². The number of ether oxygens (including phenoxy) is 2. The Morgan fingerprint density at radius 3 is 2.48 bits per heavy atom. The molecule has 3 saturated heterocycles. The van der Waals surface area contributed by atoms with Crippen LogP contribution in [0.2, 0.25) is 18.1 Å². The van der Waals surface area contributed by atoms with Crippen LogP contribution in [0.4, 0.5) is 14.6 Å². The number of hydrogen-bond donors (Lipinski definition) is 4. The summed E-state index contributed by atoms with van der Waals surface area (Å²) in [4.78, 5) is 53.5. The highest BCUT2D eigenvalue weighted by Gasteiger charge is 2.56. The monoisotopic (exact) mass is 808 g/mol. The number of nitrogen functional groups attached to an aromatic ring is 1. The second-order valence-corrected chi connectivity index (χ2v) is 22.9. The number of fused-ring (bicyclic) bond motifs is 5. The molecule has 0 amide bonds. The molecule has 19 nitrogen and oxygen atoms in total. The molecule has 7 heterocycles. The first-order valence-corrected chi connectivity index (χ1v) is 22.9. The second-order valence-electron chi connectivity index (χ2n) is 14.0. The highest BCUT2D eigenvalue weighted by atomic mass is 32.5. The van der Waals surface area contributed by atoms with Crippen molar-refractivity contribution in [2.75, 3.05) is 18.9 Å². The minimum atomic E-state index is -5.16. The summed E-state index contributed by atoms with van der Waals surface area (Å²) in [6, 6.07) is 0. The summed E-state index contributed by atoms with van der Waals surface area (Å²) in [6.45, 7) is 3.94. The van der Waals surface area contributed by atoms with E-state index >= 15 is 8.78 Å². The molecule has 0 spiro atoms. The third kappa shape index (κ3) is 6.80. The number of imidazole rings is 1. The molecule has 3 aliphatic heterocycles. The summed E-state index contributed by atoms with van der Waals surface area (Å²) in [5.41, 5.74) is 5.21. The Hall–Kier alpha value is -2.63. The van der Waals surface area contributed by atoms with Crippen LogP contribution < -0.4 is 11.3 Å². The van der Waals surface area contributed by atoms with Crippen LogP contribution in [0.15, 0.2) is 30.0 Å². The van der Waals surface area contributed by atoms with Crippen molar-refractivity contribution in [2.45, 2.75) is 88.1 Å². The lowest BCUT2D eigenvalue weighted by Crippen LogP contribution is -2.50. The number of halogens is 2. The third-order valence-corrected chi connectivity index (χ3v) is 16.6. The van der Waals surface area contributed by atoms with Crippen LogP contribution in [0.1, 0.15) is 33.2 Å². The maximum atomic E-state index is 16.3. The number of phosphoric acid groups is 1. The Morgan fingerprint density at radius 2 is 1.75 bits per heavy atom. The topological polar surface area (TPSA) is 242 Å². The molecule has 0 aliphatic carbocycles. The largest absolute Gasteiger partial charge is 0.472 e. The molecular formula is C27H36F2N8O11P2SSi. The van der Waals surface area contributed by atoms with Gasteiger partial charge >= 0.3 is 14.5 Å². The van der Waals surface area contributed by atoms with E-state index in [0.717, 1.165) is 23.4 Å². The predicted molar refractivity (Wildman–Crippen MR) is 183 cm³/mol. The average molecular weight is 809 g/mol. The first kappa shape index (κ1) is 37.7. The Balaban J connectivity index is 1.27. The van der Waals surface area contributed by atoms with Crippen LogP contribution in [-0.2, 0) is 48.4 Å². The van der Waals surface area contributed by atoms with Gasteiger partial charge in [0.25, 0.3) is 5.56 Å². The number of alkyl halides is 1. The number of nitrogens with zero attached hydrogens (tertiary/aromatic N) is 6. The van der Waals surface area contributed by atoms with Crippen LogP contribution in [0, 0.1) is 5.82 Å². The van der Waals surface area contributed by atoms with Crippen LogP contribution in [0.25, 0.3) is 22.2 Å². The number of nitrogens with two attached hydrogens (primary N) is 1. The standard InChI is InChI=1S/C27H36F2N8O11P2SSi/c1-27(2,3)52(4,5)48-19-14-8-43-50(41,51)47-18-13(44-25(16(18)29)37-11-35-17-21(30)31-9-33-23(17)37)7-42-49(39,40)46-20(19)26(45-14)36-6-12(28)15-22(36)32-10-34-24(15)38/h6,9-11,13-14,16,18-20,25-26H,7-8H2,1-5H3,(H,39,40)(H,41,51)(H2,30,31,33)(H,32,34,38)/t13-,14-,16-,18-,19?,20-,25-,26-,50?/m1/s1. The van der Waals surface area contributed by atoms with Gasteiger partial charge in [0.2, 0.25) is 0 Å². The maximum Gasteiger partial charge on any atom is 0.472 e. The summed E-state index contributed by atoms with van der Waals surface area (Å²) in [5.74, 6) is -0.925. The molecule has 25 heteroatoms. The van der Waals surface area contributed by atoms with Crippen LogP contribution in [0.5, 0.6) is 0 Å². The fraction of sp³-hybridized carbons (Fsp3) is 0.593. The van der Waals surface area contributed by atoms with Crippen molar-refractivity contribution < 1.29 is 55.1 Å². The Kier molecular flexibility index (Phi) is 9.63. The van der Waals surface area contributed by atoms with Gasteiger partial charge in [-0.25, -0.2) is 33.3 Å². The Labute approximate surface area is 299 Å². The minimum Gasteiger partial charge on any atom is -0.408 e. The van der Waals surface area contributed by atoms with Crippen molar-refractivity contribution in [1.29, 1.82) is 0 Å². The summed E-state index contributed by atoms with van der Waals surface area (Å²) in [5, 5.41) is -0.804. The molecule has 3 unspecified atom stereocenters. The van der Waals surface area contributed by atoms with Gasteiger partial charge in [-0.05, 0) is 29.9 Å². The quantitative estimate of drug-likeness (QED) is 0.171. The Morgan fingerprint density at radius 1 is 1.04 bits per heavy atom. The molecule has 4 aromatic heterocycles. The number of phosphoric ester groups is 1. The molecule has 0 saturated carbocycles. The number of aromatic amines is 1. The van der Waals surface area contributed by atoms with E-state index in [1.54, 1.807) is 0 Å². The zero-order valence-corrected chi connectivity index (χ0v) is 31.8. The maximum absolute atomic E-state index is 16.3. The summed E-state index contributed by atoms with van der Waals surface area (Å²) < 4.78 is 89.1. The average Bonchev–Trinajstić information content (AvgIpc) is 3.79. The zero-order valence-electron chi connectivity index (χ0n) is 28.2. The number of rotatable bonds is 4. The van der Waals surface area contributed by atoms with Crippen molar-refractivity contribution in [1.82, 2.24) is 34.1 Å². The van der Waals surface area contributed by atoms with E-state index in [-0.39, 0.29) is 22.6 Å². The molecule has 4 aromatic rings. The van der Waals surface area contributed by atoms with Gasteiger partial charge < -0.3 is 43.5 Å². The van der Waals surface area contributed by atoms with Gasteiger partial charge in [-0.2, -0.15) is 0 Å². The van der Waals surface area contributed by atoms with E-state index in [9.17, 15) is 19.1 Å². The predicted octanol–water partition coefficient (Wildman–Crippen LogP) is 2.94. The van der Waals surface area contributed by atoms with Crippen LogP contribution in [0.3, 0.4) is 0 Å². The van der Waals surface area contributed by atoms with Gasteiger partial charge in [0.15, 0.2) is 49.9 Å². The van der Waals surface area contributed by atoms with Crippen molar-refractivity contribution >= 4 is 62.7 Å². The van der Waals surface area contributed by atoms with Crippen molar-refractivity contribution in [3.8, 4) is 0 Å². The molecular weight excluding hydrogens is 772 g/mol. The highest BCUT2D eigenvalue weighted by molar-refractivity contribution is 8.07. The summed E-state index contributed by atoms with van der Waals surface area (Å²) in [7, 11) is -7.94. The van der Waals surface area contributed by atoms with Crippen molar-refractivity contribution in [3.63, 3.8) is 0 Å². The fourth-order valence-corrected chi connectivity index (χ4v) is 9.70. The van der Waals surface area contributed by atoms with Gasteiger partial charge in [0.05, 0.1) is 25.9 Å². The molecule has 52 heavy (non-hydrogen) atoms. The molecule has 10 atom stereocenters. The normalized spacial score (nSPS) is 34.9. The van der Waals surface area contributed by atoms with E-state index in [1.807, 2.05) is 33.9 Å². The van der Waals surface area contributed by atoms with Gasteiger partial charge in [-0.15, -0.1) is 0 Å².